The maximum Gasteiger partial charge on any atom is 0.0393 e. The molecule has 0 spiro atoms. The molecule has 0 saturated carbocycles. The average Bonchev–Trinajstić information content (AvgIpc) is 2.40. The molecule has 1 heterocycles. The number of anilines is 1. The summed E-state index contributed by atoms with van der Waals surface area (Å²) in [6, 6.07) is 8.70. The smallest absolute Gasteiger partial charge is 0.0393 e. The summed E-state index contributed by atoms with van der Waals surface area (Å²) in [5, 5.41) is 0. The van der Waals surface area contributed by atoms with E-state index in [-0.39, 0.29) is 0 Å². The van der Waals surface area contributed by atoms with Gasteiger partial charge >= 0.3 is 0 Å². The van der Waals surface area contributed by atoms with Gasteiger partial charge < -0.3 is 4.90 Å². The number of para-hydroxylation sites is 1. The van der Waals surface area contributed by atoms with Crippen LogP contribution in [0.15, 0.2) is 34.6 Å². The number of thioether (sulfide) groups is 2. The third-order valence-corrected chi connectivity index (χ3v) is 5.57. The van der Waals surface area contributed by atoms with Gasteiger partial charge in [-0.2, -0.15) is 0 Å². The van der Waals surface area contributed by atoms with E-state index in [9.17, 15) is 0 Å². The summed E-state index contributed by atoms with van der Waals surface area (Å²) in [5.74, 6) is 2.60. The Balaban J connectivity index is 1.93. The first kappa shape index (κ1) is 13.9. The minimum Gasteiger partial charge on any atom is -0.377 e. The van der Waals surface area contributed by atoms with E-state index >= 15 is 0 Å². The second-order valence-corrected chi connectivity index (χ2v) is 7.17. The van der Waals surface area contributed by atoms with E-state index in [2.05, 4.69) is 49.3 Å². The molecule has 2 rings (SSSR count). The third-order valence-electron chi connectivity index (χ3n) is 2.98. The fourth-order valence-electron chi connectivity index (χ4n) is 2.07. The van der Waals surface area contributed by atoms with Crippen LogP contribution in [-0.4, -0.2) is 25.6 Å². The number of hydrogen-bond donors (Lipinski definition) is 0. The summed E-state index contributed by atoms with van der Waals surface area (Å²) in [4.78, 5) is 2.20. The van der Waals surface area contributed by atoms with Gasteiger partial charge in [0.1, 0.15) is 0 Å². The van der Waals surface area contributed by atoms with Crippen LogP contribution in [0.2, 0.25) is 0 Å². The van der Waals surface area contributed by atoms with Crippen molar-refractivity contribution in [3.8, 4) is 0 Å². The number of nitrogens with zero attached hydrogens (tertiary/aromatic N) is 1. The van der Waals surface area contributed by atoms with E-state index in [0.29, 0.717) is 0 Å². The Morgan fingerprint density at radius 1 is 1.17 bits per heavy atom. The van der Waals surface area contributed by atoms with Crippen LogP contribution in [0.4, 0.5) is 5.69 Å². The zero-order chi connectivity index (χ0) is 12.8. The normalized spacial score (nSPS) is 15.6. The van der Waals surface area contributed by atoms with E-state index in [4.69, 9.17) is 0 Å². The third kappa shape index (κ3) is 3.99. The van der Waals surface area contributed by atoms with Crippen LogP contribution < -0.4 is 4.90 Å². The summed E-state index contributed by atoms with van der Waals surface area (Å²) in [6.07, 6.45) is 6.07. The first-order chi connectivity index (χ1) is 8.77. The molecule has 1 aliphatic heterocycles. The van der Waals surface area contributed by atoms with Gasteiger partial charge in [-0.1, -0.05) is 24.3 Å². The maximum atomic E-state index is 2.42. The molecule has 0 amide bonds. The lowest BCUT2D eigenvalue weighted by Gasteiger charge is -2.17. The molecule has 0 bridgehead atoms. The van der Waals surface area contributed by atoms with Crippen LogP contribution >= 0.6 is 23.5 Å². The van der Waals surface area contributed by atoms with Crippen LogP contribution in [-0.2, 0) is 6.42 Å². The molecule has 3 heteroatoms. The van der Waals surface area contributed by atoms with Gasteiger partial charge in [-0.05, 0) is 42.4 Å². The molecule has 0 aromatic heterocycles. The quantitative estimate of drug-likeness (QED) is 0.804. The van der Waals surface area contributed by atoms with Crippen LogP contribution in [0.5, 0.6) is 0 Å². The fraction of sp³-hybridized carbons (Fsp3) is 0.467. The van der Waals surface area contributed by atoms with Crippen molar-refractivity contribution in [2.24, 2.45) is 0 Å². The standard InChI is InChI=1S/C15H21NS2/c1-16(2)14-9-4-3-7-13(14)8-5-10-15-17-11-6-12-18-15/h3-4,7,9-10H,5-6,8,11-12H2,1-2H3. The van der Waals surface area contributed by atoms with Crippen LogP contribution in [0.1, 0.15) is 18.4 Å². The summed E-state index contributed by atoms with van der Waals surface area (Å²) in [7, 11) is 4.23. The highest BCUT2D eigenvalue weighted by Crippen LogP contribution is 2.35. The Morgan fingerprint density at radius 3 is 2.61 bits per heavy atom. The van der Waals surface area contributed by atoms with Crippen LogP contribution in [0, 0.1) is 0 Å². The first-order valence-corrected chi connectivity index (χ1v) is 8.45. The fourth-order valence-corrected chi connectivity index (χ4v) is 4.54. The second-order valence-electron chi connectivity index (χ2n) is 4.64. The van der Waals surface area contributed by atoms with Crippen molar-refractivity contribution in [2.45, 2.75) is 19.3 Å². The highest BCUT2D eigenvalue weighted by Gasteiger charge is 2.06. The van der Waals surface area contributed by atoms with Crippen molar-refractivity contribution in [3.05, 3.63) is 40.1 Å². The van der Waals surface area contributed by atoms with E-state index in [0.717, 1.165) is 12.8 Å². The van der Waals surface area contributed by atoms with E-state index in [1.807, 2.05) is 23.5 Å². The Bertz CT molecular complexity index is 405. The predicted molar refractivity (Wildman–Crippen MR) is 86.7 cm³/mol. The Hall–Kier alpha value is -0.540. The Labute approximate surface area is 119 Å². The maximum absolute atomic E-state index is 2.42. The van der Waals surface area contributed by atoms with Crippen molar-refractivity contribution < 1.29 is 0 Å². The van der Waals surface area contributed by atoms with Gasteiger partial charge in [-0.25, -0.2) is 0 Å². The molecule has 0 aliphatic carbocycles. The lowest BCUT2D eigenvalue weighted by Crippen LogP contribution is -2.11. The molecule has 1 aliphatic rings. The zero-order valence-corrected chi connectivity index (χ0v) is 12.8. The zero-order valence-electron chi connectivity index (χ0n) is 11.2. The molecule has 1 fully saturated rings. The monoisotopic (exact) mass is 279 g/mol. The van der Waals surface area contributed by atoms with Crippen molar-refractivity contribution in [1.82, 2.24) is 0 Å². The van der Waals surface area contributed by atoms with Crippen LogP contribution in [0.3, 0.4) is 0 Å². The van der Waals surface area contributed by atoms with Gasteiger partial charge in [0.2, 0.25) is 0 Å². The first-order valence-electron chi connectivity index (χ1n) is 6.48. The summed E-state index contributed by atoms with van der Waals surface area (Å²) in [5.41, 5.74) is 2.80. The lowest BCUT2D eigenvalue weighted by atomic mass is 10.1. The molecule has 1 aromatic rings. The molecule has 1 saturated heterocycles. The van der Waals surface area contributed by atoms with Gasteiger partial charge in [0.25, 0.3) is 0 Å². The molecule has 1 aromatic carbocycles. The van der Waals surface area contributed by atoms with E-state index < -0.39 is 0 Å². The number of allylic oxidation sites excluding steroid dienone is 1. The molecular weight excluding hydrogens is 258 g/mol. The van der Waals surface area contributed by atoms with Gasteiger partial charge in [0.05, 0.1) is 0 Å². The van der Waals surface area contributed by atoms with Gasteiger partial charge in [0, 0.05) is 24.0 Å². The van der Waals surface area contributed by atoms with Crippen molar-refractivity contribution in [2.75, 3.05) is 30.5 Å². The van der Waals surface area contributed by atoms with E-state index in [1.54, 1.807) is 0 Å². The SMILES string of the molecule is CN(C)c1ccccc1CCC=C1SCCCS1. The molecule has 0 radical (unpaired) electrons. The van der Waals surface area contributed by atoms with Crippen molar-refractivity contribution >= 4 is 29.2 Å². The molecular formula is C15H21NS2. The summed E-state index contributed by atoms with van der Waals surface area (Å²) in [6.45, 7) is 0. The molecule has 0 unspecified atom stereocenters. The van der Waals surface area contributed by atoms with Gasteiger partial charge in [0.15, 0.2) is 0 Å². The average molecular weight is 279 g/mol. The lowest BCUT2D eigenvalue weighted by molar-refractivity contribution is 0.980. The van der Waals surface area contributed by atoms with Crippen molar-refractivity contribution in [1.29, 1.82) is 0 Å². The molecule has 0 atom stereocenters. The minimum absolute atomic E-state index is 1.14. The van der Waals surface area contributed by atoms with Gasteiger partial charge in [-0.15, -0.1) is 23.5 Å². The van der Waals surface area contributed by atoms with E-state index in [1.165, 1.54) is 33.4 Å². The molecule has 98 valence electrons. The summed E-state index contributed by atoms with van der Waals surface area (Å²) >= 11 is 4.04. The number of benzene rings is 1. The highest BCUT2D eigenvalue weighted by molar-refractivity contribution is 8.22. The topological polar surface area (TPSA) is 3.24 Å². The highest BCUT2D eigenvalue weighted by atomic mass is 32.2. The Morgan fingerprint density at radius 2 is 1.89 bits per heavy atom. The van der Waals surface area contributed by atoms with Crippen molar-refractivity contribution in [3.63, 3.8) is 0 Å². The number of rotatable bonds is 4. The molecule has 0 N–H and O–H groups in total. The second kappa shape index (κ2) is 7.15. The van der Waals surface area contributed by atoms with Gasteiger partial charge in [-0.3, -0.25) is 0 Å². The minimum atomic E-state index is 1.14. The van der Waals surface area contributed by atoms with Crippen LogP contribution in [0.25, 0.3) is 0 Å². The molecule has 18 heavy (non-hydrogen) atoms. The largest absolute Gasteiger partial charge is 0.377 e. The molecule has 1 nitrogen and oxygen atoms in total. The number of hydrogen-bond acceptors (Lipinski definition) is 3. The Kier molecular flexibility index (Phi) is 5.51. The predicted octanol–water partition coefficient (Wildman–Crippen LogP) is 4.40. The summed E-state index contributed by atoms with van der Waals surface area (Å²) < 4.78 is 1.53. The number of aryl methyl sites for hydroxylation is 1.